The van der Waals surface area contributed by atoms with Crippen LogP contribution in [0.4, 0.5) is 4.39 Å². The molecule has 2 saturated heterocycles. The molecule has 126 valence electrons. The van der Waals surface area contributed by atoms with E-state index in [0.717, 1.165) is 39.1 Å². The Morgan fingerprint density at radius 1 is 1.35 bits per heavy atom. The first-order valence-electron chi connectivity index (χ1n) is 7.65. The first kappa shape index (κ1) is 18.0. The Balaban J connectivity index is 0.00000192. The van der Waals surface area contributed by atoms with Gasteiger partial charge in [-0.15, -0.1) is 12.4 Å². The Kier molecular flexibility index (Phi) is 6.60. The molecule has 0 aromatic heterocycles. The van der Waals surface area contributed by atoms with Gasteiger partial charge >= 0.3 is 0 Å². The van der Waals surface area contributed by atoms with Gasteiger partial charge in [0.05, 0.1) is 30.4 Å². The molecule has 1 aromatic rings. The fourth-order valence-corrected chi connectivity index (χ4v) is 2.98. The lowest BCUT2D eigenvalue weighted by Gasteiger charge is -2.41. The Labute approximate surface area is 141 Å². The van der Waals surface area contributed by atoms with Crippen molar-refractivity contribution in [3.8, 4) is 11.8 Å². The summed E-state index contributed by atoms with van der Waals surface area (Å²) in [7, 11) is 0. The van der Waals surface area contributed by atoms with Crippen LogP contribution in [0.5, 0.6) is 5.75 Å². The van der Waals surface area contributed by atoms with Gasteiger partial charge in [-0.3, -0.25) is 4.90 Å². The van der Waals surface area contributed by atoms with Crippen LogP contribution in [0.2, 0.25) is 0 Å². The summed E-state index contributed by atoms with van der Waals surface area (Å²) in [6.07, 6.45) is 1.40. The van der Waals surface area contributed by atoms with Crippen LogP contribution in [0.3, 0.4) is 0 Å². The molecule has 2 aliphatic heterocycles. The van der Waals surface area contributed by atoms with E-state index in [1.165, 1.54) is 12.1 Å². The van der Waals surface area contributed by atoms with Crippen molar-refractivity contribution in [1.29, 1.82) is 5.26 Å². The molecule has 2 aliphatic rings. The van der Waals surface area contributed by atoms with Crippen LogP contribution < -0.4 is 10.1 Å². The minimum Gasteiger partial charge on any atom is -0.490 e. The molecule has 0 amide bonds. The summed E-state index contributed by atoms with van der Waals surface area (Å²) in [6, 6.07) is 6.18. The average Bonchev–Trinajstić information content (AvgIpc) is 2.52. The normalized spacial score (nSPS) is 23.7. The second-order valence-corrected chi connectivity index (χ2v) is 5.76. The average molecular weight is 342 g/mol. The van der Waals surface area contributed by atoms with Crippen molar-refractivity contribution in [1.82, 2.24) is 10.2 Å². The van der Waals surface area contributed by atoms with Crippen LogP contribution in [-0.2, 0) is 4.74 Å². The predicted octanol–water partition coefficient (Wildman–Crippen LogP) is 1.56. The summed E-state index contributed by atoms with van der Waals surface area (Å²) in [4.78, 5) is 2.39. The maximum absolute atomic E-state index is 13.7. The van der Waals surface area contributed by atoms with Gasteiger partial charge in [0.1, 0.15) is 0 Å². The van der Waals surface area contributed by atoms with E-state index in [9.17, 15) is 4.39 Å². The van der Waals surface area contributed by atoms with E-state index >= 15 is 0 Å². The van der Waals surface area contributed by atoms with E-state index in [2.05, 4.69) is 10.2 Å². The monoisotopic (exact) mass is 341 g/mol. The zero-order chi connectivity index (χ0) is 15.4. The summed E-state index contributed by atoms with van der Waals surface area (Å²) in [5.74, 6) is -0.270. The summed E-state index contributed by atoms with van der Waals surface area (Å²) in [5, 5.41) is 12.1. The highest BCUT2D eigenvalue weighted by Gasteiger charge is 2.30. The highest BCUT2D eigenvalue weighted by molar-refractivity contribution is 5.85. The molecular formula is C16H21ClFN3O2. The minimum absolute atomic E-state index is 0. The third-order valence-corrected chi connectivity index (χ3v) is 3.99. The molecule has 0 aliphatic carbocycles. The van der Waals surface area contributed by atoms with Gasteiger partial charge in [0.15, 0.2) is 11.6 Å². The largest absolute Gasteiger partial charge is 0.490 e. The number of halogens is 2. The van der Waals surface area contributed by atoms with Gasteiger partial charge in [-0.2, -0.15) is 5.26 Å². The number of hydrogen-bond donors (Lipinski definition) is 1. The van der Waals surface area contributed by atoms with Crippen LogP contribution >= 0.6 is 12.4 Å². The van der Waals surface area contributed by atoms with Crippen molar-refractivity contribution >= 4 is 12.4 Å². The van der Waals surface area contributed by atoms with Gasteiger partial charge in [-0.05, 0) is 24.6 Å². The lowest BCUT2D eigenvalue weighted by Crippen LogP contribution is -2.58. The van der Waals surface area contributed by atoms with Crippen molar-refractivity contribution in [2.75, 3.05) is 39.3 Å². The standard InChI is InChI=1S/C16H20FN3O2.ClH/c17-15-6-12(7-18)2-3-16(15)21-5-1-4-20-10-13-8-19-9-14(11-20)22-13;/h2-3,6,13-14,19H,1,4-5,8-11H2;1H. The van der Waals surface area contributed by atoms with Gasteiger partial charge in [0.2, 0.25) is 0 Å². The van der Waals surface area contributed by atoms with Crippen molar-refractivity contribution in [2.24, 2.45) is 0 Å². The Morgan fingerprint density at radius 3 is 2.74 bits per heavy atom. The zero-order valence-electron chi connectivity index (χ0n) is 12.8. The number of morpholine rings is 2. The van der Waals surface area contributed by atoms with E-state index < -0.39 is 5.82 Å². The van der Waals surface area contributed by atoms with Crippen molar-refractivity contribution in [2.45, 2.75) is 18.6 Å². The van der Waals surface area contributed by atoms with Gasteiger partial charge in [0, 0.05) is 32.7 Å². The van der Waals surface area contributed by atoms with Crippen LogP contribution in [0.15, 0.2) is 18.2 Å². The molecule has 0 saturated carbocycles. The minimum atomic E-state index is -0.481. The molecule has 0 radical (unpaired) electrons. The lowest BCUT2D eigenvalue weighted by molar-refractivity contribution is -0.103. The van der Waals surface area contributed by atoms with Crippen LogP contribution in [0.1, 0.15) is 12.0 Å². The number of nitriles is 1. The predicted molar refractivity (Wildman–Crippen MR) is 86.4 cm³/mol. The van der Waals surface area contributed by atoms with E-state index in [1.807, 2.05) is 6.07 Å². The van der Waals surface area contributed by atoms with E-state index in [1.54, 1.807) is 6.07 Å². The molecule has 2 unspecified atom stereocenters. The molecule has 7 heteroatoms. The molecule has 1 aromatic carbocycles. The maximum atomic E-state index is 13.7. The van der Waals surface area contributed by atoms with Crippen molar-refractivity contribution in [3.05, 3.63) is 29.6 Å². The molecule has 0 spiro atoms. The van der Waals surface area contributed by atoms with Gasteiger partial charge in [0.25, 0.3) is 0 Å². The molecule has 2 heterocycles. The third-order valence-electron chi connectivity index (χ3n) is 3.99. The molecule has 2 fully saturated rings. The van der Waals surface area contributed by atoms with E-state index in [4.69, 9.17) is 14.7 Å². The van der Waals surface area contributed by atoms with Gasteiger partial charge in [-0.25, -0.2) is 4.39 Å². The van der Waals surface area contributed by atoms with Crippen molar-refractivity contribution < 1.29 is 13.9 Å². The first-order valence-corrected chi connectivity index (χ1v) is 7.65. The summed E-state index contributed by atoms with van der Waals surface area (Å²) >= 11 is 0. The number of nitrogens with zero attached hydrogens (tertiary/aromatic N) is 2. The maximum Gasteiger partial charge on any atom is 0.166 e. The molecule has 3 rings (SSSR count). The molecule has 2 bridgehead atoms. The van der Waals surface area contributed by atoms with Crippen LogP contribution in [0, 0.1) is 17.1 Å². The molecule has 23 heavy (non-hydrogen) atoms. The van der Waals surface area contributed by atoms with Gasteiger partial charge < -0.3 is 14.8 Å². The molecule has 1 N–H and O–H groups in total. The number of fused-ring (bicyclic) bond motifs is 2. The topological polar surface area (TPSA) is 57.5 Å². The van der Waals surface area contributed by atoms with E-state index in [-0.39, 0.29) is 30.4 Å². The molecule has 2 atom stereocenters. The number of hydrogen-bond acceptors (Lipinski definition) is 5. The SMILES string of the molecule is Cl.N#Cc1ccc(OCCCN2CC3CNCC(C2)O3)c(F)c1. The third kappa shape index (κ3) is 4.79. The number of rotatable bonds is 5. The van der Waals surface area contributed by atoms with Crippen LogP contribution in [-0.4, -0.2) is 56.4 Å². The smallest absolute Gasteiger partial charge is 0.166 e. The number of ether oxygens (including phenoxy) is 2. The summed E-state index contributed by atoms with van der Waals surface area (Å²) < 4.78 is 25.0. The number of benzene rings is 1. The highest BCUT2D eigenvalue weighted by Crippen LogP contribution is 2.18. The quantitative estimate of drug-likeness (QED) is 0.824. The first-order chi connectivity index (χ1) is 10.7. The summed E-state index contributed by atoms with van der Waals surface area (Å²) in [6.45, 7) is 5.10. The summed E-state index contributed by atoms with van der Waals surface area (Å²) in [5.41, 5.74) is 0.304. The Hall–Kier alpha value is -1.39. The van der Waals surface area contributed by atoms with E-state index in [0.29, 0.717) is 12.2 Å². The molecular weight excluding hydrogens is 321 g/mol. The second-order valence-electron chi connectivity index (χ2n) is 5.76. The molecule has 5 nitrogen and oxygen atoms in total. The lowest BCUT2D eigenvalue weighted by atomic mass is 10.1. The zero-order valence-corrected chi connectivity index (χ0v) is 13.7. The second kappa shape index (κ2) is 8.46. The van der Waals surface area contributed by atoms with Gasteiger partial charge in [-0.1, -0.05) is 0 Å². The fraction of sp³-hybridized carbons (Fsp3) is 0.562. The fourth-order valence-electron chi connectivity index (χ4n) is 2.98. The Morgan fingerprint density at radius 2 is 2.09 bits per heavy atom. The van der Waals surface area contributed by atoms with Crippen molar-refractivity contribution in [3.63, 3.8) is 0 Å². The van der Waals surface area contributed by atoms with Crippen LogP contribution in [0.25, 0.3) is 0 Å². The highest BCUT2D eigenvalue weighted by atomic mass is 35.5. The number of nitrogens with one attached hydrogen (secondary N) is 1. The Bertz CT molecular complexity index is 555.